The predicted octanol–water partition coefficient (Wildman–Crippen LogP) is 2.67. The van der Waals surface area contributed by atoms with E-state index in [-0.39, 0.29) is 12.6 Å². The zero-order chi connectivity index (χ0) is 12.5. The van der Waals surface area contributed by atoms with Gasteiger partial charge in [-0.3, -0.25) is 0 Å². The third-order valence-electron chi connectivity index (χ3n) is 3.11. The fourth-order valence-electron chi connectivity index (χ4n) is 2.21. The molecule has 1 atom stereocenters. The third-order valence-corrected chi connectivity index (χ3v) is 3.11. The van der Waals surface area contributed by atoms with E-state index in [1.54, 1.807) is 0 Å². The molecule has 2 nitrogen and oxygen atoms in total. The van der Waals surface area contributed by atoms with E-state index in [1.165, 1.54) is 12.1 Å². The van der Waals surface area contributed by atoms with Gasteiger partial charge in [0.25, 0.3) is 0 Å². The molecule has 0 aliphatic carbocycles. The molecule has 0 aromatic heterocycles. The Morgan fingerprint density at radius 1 is 1.24 bits per heavy atom. The third kappa shape index (κ3) is 2.54. The first kappa shape index (κ1) is 12.2. The number of hydrogen-bond donors (Lipinski definition) is 1. The minimum Gasteiger partial charge on any atom is -0.394 e. The standard InChI is InChI=1S/C12H14F3NO/c13-12(14,15)9-3-5-10(6-4-9)16-7-1-2-11(16)8-17/h3-6,11,17H,1-2,7-8H2/t11-/m1/s1. The summed E-state index contributed by atoms with van der Waals surface area (Å²) in [6, 6.07) is 5.14. The fourth-order valence-corrected chi connectivity index (χ4v) is 2.21. The molecule has 0 bridgehead atoms. The number of nitrogens with zero attached hydrogens (tertiary/aromatic N) is 1. The molecule has 1 aliphatic rings. The predicted molar refractivity (Wildman–Crippen MR) is 58.9 cm³/mol. The van der Waals surface area contributed by atoms with E-state index in [9.17, 15) is 13.2 Å². The number of rotatable bonds is 2. The van der Waals surface area contributed by atoms with Gasteiger partial charge in [-0.15, -0.1) is 0 Å². The van der Waals surface area contributed by atoms with Crippen LogP contribution < -0.4 is 4.90 Å². The van der Waals surface area contributed by atoms with Gasteiger partial charge < -0.3 is 10.0 Å². The average Bonchev–Trinajstić information content (AvgIpc) is 2.76. The summed E-state index contributed by atoms with van der Waals surface area (Å²) in [6.07, 6.45) is -2.44. The zero-order valence-electron chi connectivity index (χ0n) is 9.24. The average molecular weight is 245 g/mol. The minimum atomic E-state index is -4.29. The largest absolute Gasteiger partial charge is 0.416 e. The first-order valence-corrected chi connectivity index (χ1v) is 5.57. The topological polar surface area (TPSA) is 23.5 Å². The molecule has 2 rings (SSSR count). The lowest BCUT2D eigenvalue weighted by Crippen LogP contribution is -2.31. The quantitative estimate of drug-likeness (QED) is 0.865. The van der Waals surface area contributed by atoms with Crippen LogP contribution in [0.2, 0.25) is 0 Å². The molecule has 1 heterocycles. The van der Waals surface area contributed by atoms with Gasteiger partial charge in [-0.05, 0) is 37.1 Å². The summed E-state index contributed by atoms with van der Waals surface area (Å²) in [7, 11) is 0. The van der Waals surface area contributed by atoms with Crippen LogP contribution in [0.25, 0.3) is 0 Å². The highest BCUT2D eigenvalue weighted by Gasteiger charge is 2.31. The number of halogens is 3. The molecule has 0 unspecified atom stereocenters. The Hall–Kier alpha value is -1.23. The Morgan fingerprint density at radius 2 is 1.88 bits per heavy atom. The lowest BCUT2D eigenvalue weighted by molar-refractivity contribution is -0.137. The molecule has 1 saturated heterocycles. The first-order valence-electron chi connectivity index (χ1n) is 5.57. The van der Waals surface area contributed by atoms with Crippen molar-refractivity contribution in [1.82, 2.24) is 0 Å². The van der Waals surface area contributed by atoms with Gasteiger partial charge in [-0.2, -0.15) is 13.2 Å². The van der Waals surface area contributed by atoms with Crippen molar-refractivity contribution in [2.75, 3.05) is 18.1 Å². The number of hydrogen-bond acceptors (Lipinski definition) is 2. The number of aliphatic hydroxyl groups excluding tert-OH is 1. The highest BCUT2D eigenvalue weighted by Crippen LogP contribution is 2.32. The zero-order valence-corrected chi connectivity index (χ0v) is 9.24. The Kier molecular flexibility index (Phi) is 3.28. The lowest BCUT2D eigenvalue weighted by Gasteiger charge is -2.25. The highest BCUT2D eigenvalue weighted by molar-refractivity contribution is 5.49. The van der Waals surface area contributed by atoms with Crippen LogP contribution in [0, 0.1) is 0 Å². The Balaban J connectivity index is 2.18. The lowest BCUT2D eigenvalue weighted by atomic mass is 10.1. The van der Waals surface area contributed by atoms with Gasteiger partial charge in [-0.25, -0.2) is 0 Å². The highest BCUT2D eigenvalue weighted by atomic mass is 19.4. The molecule has 1 N–H and O–H groups in total. The molecule has 0 spiro atoms. The van der Waals surface area contributed by atoms with Gasteiger partial charge >= 0.3 is 6.18 Å². The molecular formula is C12H14F3NO. The molecule has 1 aromatic rings. The normalized spacial score (nSPS) is 20.9. The van der Waals surface area contributed by atoms with Crippen LogP contribution >= 0.6 is 0 Å². The van der Waals surface area contributed by atoms with Crippen molar-refractivity contribution in [3.8, 4) is 0 Å². The smallest absolute Gasteiger partial charge is 0.394 e. The molecule has 5 heteroatoms. The second kappa shape index (κ2) is 4.56. The van der Waals surface area contributed by atoms with Crippen LogP contribution in [0.4, 0.5) is 18.9 Å². The second-order valence-electron chi connectivity index (χ2n) is 4.22. The monoisotopic (exact) mass is 245 g/mol. The molecule has 1 fully saturated rings. The van der Waals surface area contributed by atoms with Crippen LogP contribution in [-0.2, 0) is 6.18 Å². The summed E-state index contributed by atoms with van der Waals surface area (Å²) in [6.45, 7) is 0.831. The van der Waals surface area contributed by atoms with Crippen molar-refractivity contribution in [3.05, 3.63) is 29.8 Å². The molecule has 17 heavy (non-hydrogen) atoms. The van der Waals surface area contributed by atoms with Crippen LogP contribution in [0.15, 0.2) is 24.3 Å². The molecule has 1 aliphatic heterocycles. The number of aliphatic hydroxyl groups is 1. The molecular weight excluding hydrogens is 231 g/mol. The van der Waals surface area contributed by atoms with Gasteiger partial charge in [-0.1, -0.05) is 0 Å². The van der Waals surface area contributed by atoms with Crippen molar-refractivity contribution in [2.24, 2.45) is 0 Å². The van der Waals surface area contributed by atoms with Crippen LogP contribution in [0.1, 0.15) is 18.4 Å². The van der Waals surface area contributed by atoms with Crippen molar-refractivity contribution >= 4 is 5.69 Å². The van der Waals surface area contributed by atoms with Crippen molar-refractivity contribution in [3.63, 3.8) is 0 Å². The summed E-state index contributed by atoms with van der Waals surface area (Å²) in [5, 5.41) is 9.16. The van der Waals surface area contributed by atoms with E-state index in [1.807, 2.05) is 4.90 Å². The van der Waals surface area contributed by atoms with E-state index in [2.05, 4.69) is 0 Å². The van der Waals surface area contributed by atoms with E-state index >= 15 is 0 Å². The van der Waals surface area contributed by atoms with E-state index < -0.39 is 11.7 Å². The number of benzene rings is 1. The van der Waals surface area contributed by atoms with Crippen LogP contribution in [-0.4, -0.2) is 24.3 Å². The maximum Gasteiger partial charge on any atom is 0.416 e. The van der Waals surface area contributed by atoms with Gasteiger partial charge in [0.2, 0.25) is 0 Å². The fraction of sp³-hybridized carbons (Fsp3) is 0.500. The summed E-state index contributed by atoms with van der Waals surface area (Å²) in [5.41, 5.74) is 0.107. The Bertz CT molecular complexity index is 374. The van der Waals surface area contributed by atoms with Gasteiger partial charge in [0.15, 0.2) is 0 Å². The van der Waals surface area contributed by atoms with Gasteiger partial charge in [0.1, 0.15) is 0 Å². The van der Waals surface area contributed by atoms with Crippen LogP contribution in [0.3, 0.4) is 0 Å². The van der Waals surface area contributed by atoms with Crippen LogP contribution in [0.5, 0.6) is 0 Å². The van der Waals surface area contributed by atoms with E-state index in [0.717, 1.165) is 37.2 Å². The number of alkyl halides is 3. The van der Waals surface area contributed by atoms with Crippen molar-refractivity contribution < 1.29 is 18.3 Å². The number of anilines is 1. The van der Waals surface area contributed by atoms with Gasteiger partial charge in [0.05, 0.1) is 18.2 Å². The SMILES string of the molecule is OC[C@H]1CCCN1c1ccc(C(F)(F)F)cc1. The van der Waals surface area contributed by atoms with E-state index in [4.69, 9.17) is 5.11 Å². The van der Waals surface area contributed by atoms with E-state index in [0.29, 0.717) is 0 Å². The summed E-state index contributed by atoms with van der Waals surface area (Å²) in [5.74, 6) is 0. The summed E-state index contributed by atoms with van der Waals surface area (Å²) in [4.78, 5) is 1.96. The minimum absolute atomic E-state index is 0.0340. The Labute approximate surface area is 97.7 Å². The summed E-state index contributed by atoms with van der Waals surface area (Å²) >= 11 is 0. The molecule has 0 amide bonds. The maximum absolute atomic E-state index is 12.4. The van der Waals surface area contributed by atoms with Gasteiger partial charge in [0, 0.05) is 12.2 Å². The molecule has 94 valence electrons. The first-order chi connectivity index (χ1) is 8.02. The molecule has 0 saturated carbocycles. The van der Waals surface area contributed by atoms with Crippen molar-refractivity contribution in [2.45, 2.75) is 25.1 Å². The molecule has 0 radical (unpaired) electrons. The van der Waals surface area contributed by atoms with Crippen molar-refractivity contribution in [1.29, 1.82) is 0 Å². The second-order valence-corrected chi connectivity index (χ2v) is 4.22. The maximum atomic E-state index is 12.4. The Morgan fingerprint density at radius 3 is 2.41 bits per heavy atom. The summed E-state index contributed by atoms with van der Waals surface area (Å²) < 4.78 is 37.2. The molecule has 1 aromatic carbocycles.